The molecule has 4 rings (SSSR count). The number of pyridine rings is 1. The van der Waals surface area contributed by atoms with Crippen LogP contribution in [0, 0.1) is 5.82 Å². The summed E-state index contributed by atoms with van der Waals surface area (Å²) < 4.78 is 20.0. The van der Waals surface area contributed by atoms with E-state index in [4.69, 9.17) is 16.3 Å². The summed E-state index contributed by atoms with van der Waals surface area (Å²) >= 11 is 6.02. The predicted molar refractivity (Wildman–Crippen MR) is 113 cm³/mol. The molecule has 0 aliphatic carbocycles. The fourth-order valence-electron chi connectivity index (χ4n) is 3.18. The zero-order chi connectivity index (χ0) is 22.0. The van der Waals surface area contributed by atoms with Crippen LogP contribution in [-0.4, -0.2) is 51.8 Å². The van der Waals surface area contributed by atoms with Crippen molar-refractivity contribution in [2.45, 2.75) is 13.0 Å². The van der Waals surface area contributed by atoms with Gasteiger partial charge in [-0.15, -0.1) is 0 Å². The molecule has 2 aromatic heterocycles. The van der Waals surface area contributed by atoms with Gasteiger partial charge in [-0.1, -0.05) is 11.6 Å². The van der Waals surface area contributed by atoms with Crippen molar-refractivity contribution in [3.63, 3.8) is 0 Å². The molecule has 0 saturated carbocycles. The topological polar surface area (TPSA) is 100 Å². The van der Waals surface area contributed by atoms with Crippen molar-refractivity contribution in [3.05, 3.63) is 59.3 Å². The van der Waals surface area contributed by atoms with Crippen LogP contribution < -0.4 is 15.0 Å². The maximum absolute atomic E-state index is 14.4. The number of nitrogens with one attached hydrogen (secondary N) is 1. The normalized spacial score (nSPS) is 13.9. The van der Waals surface area contributed by atoms with Gasteiger partial charge in [-0.3, -0.25) is 9.78 Å². The van der Waals surface area contributed by atoms with Gasteiger partial charge in [0.05, 0.1) is 35.7 Å². The third-order valence-electron chi connectivity index (χ3n) is 4.63. The summed E-state index contributed by atoms with van der Waals surface area (Å²) in [4.78, 5) is 27.3. The molecule has 0 saturated heterocycles. The van der Waals surface area contributed by atoms with Crippen LogP contribution in [-0.2, 0) is 0 Å². The minimum Gasteiger partial charge on any atom is -0.486 e. The molecule has 3 heterocycles. The largest absolute Gasteiger partial charge is 0.486 e. The molecule has 0 bridgehead atoms. The first-order valence-electron chi connectivity index (χ1n) is 9.57. The quantitative estimate of drug-likeness (QED) is 0.625. The highest BCUT2D eigenvalue weighted by molar-refractivity contribution is 6.30. The number of benzene rings is 1. The Kier molecular flexibility index (Phi) is 5.97. The Hall–Kier alpha value is -3.30. The Bertz CT molecular complexity index is 1130. The number of hydrogen-bond acceptors (Lipinski definition) is 7. The molecular formula is C21H19ClFN5O3. The van der Waals surface area contributed by atoms with Crippen LogP contribution in [0.3, 0.4) is 0 Å². The predicted octanol–water partition coefficient (Wildman–Crippen LogP) is 2.97. The highest BCUT2D eigenvalue weighted by atomic mass is 35.5. The number of aliphatic hydroxyl groups is 1. The second kappa shape index (κ2) is 8.83. The van der Waals surface area contributed by atoms with Gasteiger partial charge in [-0.05, 0) is 31.2 Å². The fourth-order valence-corrected chi connectivity index (χ4v) is 3.35. The smallest absolute Gasteiger partial charge is 0.255 e. The van der Waals surface area contributed by atoms with Crippen LogP contribution in [0.1, 0.15) is 17.3 Å². The molecule has 8 nitrogen and oxygen atoms in total. The summed E-state index contributed by atoms with van der Waals surface area (Å²) in [6, 6.07) is 5.84. The second-order valence-electron chi connectivity index (χ2n) is 6.96. The molecule has 0 spiro atoms. The summed E-state index contributed by atoms with van der Waals surface area (Å²) in [5.41, 5.74) is 1.02. The first kappa shape index (κ1) is 21.0. The molecule has 1 aliphatic heterocycles. The zero-order valence-electron chi connectivity index (χ0n) is 16.5. The highest BCUT2D eigenvalue weighted by Gasteiger charge is 2.27. The van der Waals surface area contributed by atoms with Gasteiger partial charge in [0.25, 0.3) is 5.91 Å². The van der Waals surface area contributed by atoms with Crippen LogP contribution >= 0.6 is 11.6 Å². The van der Waals surface area contributed by atoms with E-state index in [2.05, 4.69) is 20.3 Å². The number of carbonyl (C=O) groups is 1. The van der Waals surface area contributed by atoms with E-state index in [1.54, 1.807) is 24.1 Å². The molecule has 1 aromatic carbocycles. The maximum atomic E-state index is 14.4. The van der Waals surface area contributed by atoms with E-state index in [0.29, 0.717) is 41.0 Å². The first-order chi connectivity index (χ1) is 14.9. The molecule has 1 unspecified atom stereocenters. The summed E-state index contributed by atoms with van der Waals surface area (Å²) in [6.07, 6.45) is 3.80. The number of rotatable bonds is 5. The van der Waals surface area contributed by atoms with E-state index >= 15 is 0 Å². The van der Waals surface area contributed by atoms with Crippen LogP contribution in [0.4, 0.5) is 15.9 Å². The molecule has 1 amide bonds. The third-order valence-corrected chi connectivity index (χ3v) is 4.86. The molecule has 31 heavy (non-hydrogen) atoms. The van der Waals surface area contributed by atoms with Crippen molar-refractivity contribution in [2.75, 3.05) is 24.6 Å². The molecule has 0 radical (unpaired) electrons. The van der Waals surface area contributed by atoms with Gasteiger partial charge < -0.3 is 20.1 Å². The van der Waals surface area contributed by atoms with Crippen LogP contribution in [0.25, 0.3) is 11.4 Å². The van der Waals surface area contributed by atoms with Crippen LogP contribution in [0.15, 0.2) is 42.9 Å². The molecule has 160 valence electrons. The van der Waals surface area contributed by atoms with Crippen molar-refractivity contribution in [2.24, 2.45) is 0 Å². The third kappa shape index (κ3) is 4.42. The average molecular weight is 444 g/mol. The first-order valence-corrected chi connectivity index (χ1v) is 9.95. The van der Waals surface area contributed by atoms with Crippen molar-refractivity contribution in [3.8, 4) is 17.1 Å². The van der Waals surface area contributed by atoms with Gasteiger partial charge in [-0.25, -0.2) is 14.4 Å². The Morgan fingerprint density at radius 2 is 2.23 bits per heavy atom. The Balaban J connectivity index is 1.75. The second-order valence-corrected chi connectivity index (χ2v) is 7.39. The van der Waals surface area contributed by atoms with Gasteiger partial charge in [0.1, 0.15) is 12.4 Å². The highest BCUT2D eigenvalue weighted by Crippen LogP contribution is 2.37. The Morgan fingerprint density at radius 1 is 1.39 bits per heavy atom. The number of nitrogens with zero attached hydrogens (tertiary/aromatic N) is 4. The minimum absolute atomic E-state index is 0.104. The van der Waals surface area contributed by atoms with Crippen LogP contribution in [0.5, 0.6) is 5.75 Å². The van der Waals surface area contributed by atoms with Gasteiger partial charge in [0, 0.05) is 24.0 Å². The number of aromatic nitrogens is 3. The number of ether oxygens (including phenoxy) is 1. The van der Waals surface area contributed by atoms with Gasteiger partial charge in [0.2, 0.25) is 0 Å². The Labute approximate surface area is 182 Å². The van der Waals surface area contributed by atoms with Crippen molar-refractivity contribution >= 4 is 29.0 Å². The average Bonchev–Trinajstić information content (AvgIpc) is 2.78. The number of aliphatic hydroxyl groups excluding tert-OH is 1. The van der Waals surface area contributed by atoms with Gasteiger partial charge in [0.15, 0.2) is 17.4 Å². The molecular weight excluding hydrogens is 425 g/mol. The lowest BCUT2D eigenvalue weighted by Gasteiger charge is -2.31. The SMILES string of the molecule is CC(O)CNC(=O)c1cnccc1N1CCOc2cnc(-c3cc(Cl)ccc3F)nc21. The summed E-state index contributed by atoms with van der Waals surface area (Å²) in [6.45, 7) is 2.43. The van der Waals surface area contributed by atoms with E-state index in [-0.39, 0.29) is 23.8 Å². The van der Waals surface area contributed by atoms with E-state index < -0.39 is 11.9 Å². The van der Waals surface area contributed by atoms with E-state index in [1.807, 2.05) is 0 Å². The van der Waals surface area contributed by atoms with E-state index in [0.717, 1.165) is 0 Å². The fraction of sp³-hybridized carbons (Fsp3) is 0.238. The number of fused-ring (bicyclic) bond motifs is 1. The number of anilines is 2. The molecule has 1 atom stereocenters. The number of carbonyl (C=O) groups excluding carboxylic acids is 1. The van der Waals surface area contributed by atoms with Gasteiger partial charge >= 0.3 is 0 Å². The lowest BCUT2D eigenvalue weighted by molar-refractivity contribution is 0.0924. The zero-order valence-corrected chi connectivity index (χ0v) is 17.3. The van der Waals surface area contributed by atoms with E-state index in [9.17, 15) is 14.3 Å². The molecule has 3 aromatic rings. The van der Waals surface area contributed by atoms with Crippen molar-refractivity contribution in [1.29, 1.82) is 0 Å². The molecule has 10 heteroatoms. The Morgan fingerprint density at radius 3 is 3.03 bits per heavy atom. The summed E-state index contributed by atoms with van der Waals surface area (Å²) in [7, 11) is 0. The summed E-state index contributed by atoms with van der Waals surface area (Å²) in [5, 5.41) is 12.5. The van der Waals surface area contributed by atoms with Crippen molar-refractivity contribution < 1.29 is 19.0 Å². The monoisotopic (exact) mass is 443 g/mol. The molecule has 2 N–H and O–H groups in total. The van der Waals surface area contributed by atoms with Gasteiger partial charge in [-0.2, -0.15) is 0 Å². The molecule has 1 aliphatic rings. The standard InChI is InChI=1S/C21H19ClFN5O3/c1-12(29)9-26-21(30)15-10-24-5-4-17(15)28-6-7-31-18-11-25-19(27-20(18)28)14-8-13(22)2-3-16(14)23/h2-5,8,10-12,29H,6-7,9H2,1H3,(H,26,30). The van der Waals surface area contributed by atoms with Crippen LogP contribution in [0.2, 0.25) is 5.02 Å². The lowest BCUT2D eigenvalue weighted by Crippen LogP contribution is -2.34. The summed E-state index contributed by atoms with van der Waals surface area (Å²) in [5.74, 6) is 0.0568. The van der Waals surface area contributed by atoms with E-state index in [1.165, 1.54) is 30.6 Å². The maximum Gasteiger partial charge on any atom is 0.255 e. The molecule has 0 fully saturated rings. The minimum atomic E-state index is -0.684. The lowest BCUT2D eigenvalue weighted by atomic mass is 10.1. The number of hydrogen-bond donors (Lipinski definition) is 2. The number of halogens is 2. The number of amides is 1. The van der Waals surface area contributed by atoms with Crippen molar-refractivity contribution in [1.82, 2.24) is 20.3 Å².